The van der Waals surface area contributed by atoms with Crippen molar-refractivity contribution in [2.24, 2.45) is 5.41 Å². The lowest BCUT2D eigenvalue weighted by molar-refractivity contribution is -0.353. The minimum Gasteiger partial charge on any atom is -0.341 e. The first-order valence-electron chi connectivity index (χ1n) is 6.19. The van der Waals surface area contributed by atoms with Crippen LogP contribution in [0, 0.1) is 5.41 Å². The summed E-state index contributed by atoms with van der Waals surface area (Å²) in [6.45, 7) is 0. The molecule has 3 aliphatic rings. The lowest BCUT2D eigenvalue weighted by Crippen LogP contribution is -2.72. The molecule has 1 aromatic carbocycles. The second-order valence-electron chi connectivity index (χ2n) is 5.92. The Balaban J connectivity index is 1.72. The highest BCUT2D eigenvalue weighted by Gasteiger charge is 2.79. The van der Waals surface area contributed by atoms with Gasteiger partial charge in [0.2, 0.25) is 0 Å². The molecule has 0 saturated heterocycles. The Bertz CT molecular complexity index is 666. The van der Waals surface area contributed by atoms with Gasteiger partial charge in [0.1, 0.15) is 0 Å². The average Bonchev–Trinajstić information content (AvgIpc) is 2.55. The van der Waals surface area contributed by atoms with Gasteiger partial charge in [0.25, 0.3) is 0 Å². The summed E-state index contributed by atoms with van der Waals surface area (Å²) in [5, 5.41) is 1.63. The number of aromatic nitrogens is 1. The summed E-state index contributed by atoms with van der Waals surface area (Å²) in [5.74, 6) is 0. The quantitative estimate of drug-likeness (QED) is 0.713. The van der Waals surface area contributed by atoms with Crippen molar-refractivity contribution in [2.75, 3.05) is 0 Å². The van der Waals surface area contributed by atoms with Gasteiger partial charge in [0, 0.05) is 27.7 Å². The number of hydrogen-bond donors (Lipinski definition) is 0. The summed E-state index contributed by atoms with van der Waals surface area (Å²) in [6, 6.07) is 7.43. The van der Waals surface area contributed by atoms with Gasteiger partial charge in [-0.2, -0.15) is 13.2 Å². The first-order chi connectivity index (χ1) is 8.85. The number of benzene rings is 1. The van der Waals surface area contributed by atoms with Gasteiger partial charge in [-0.25, -0.2) is 0 Å². The van der Waals surface area contributed by atoms with E-state index in [1.165, 1.54) is 0 Å². The molecule has 1 aromatic heterocycles. The molecule has 0 amide bonds. The number of rotatable bonds is 1. The van der Waals surface area contributed by atoms with Crippen molar-refractivity contribution in [3.63, 3.8) is 0 Å². The Morgan fingerprint density at radius 1 is 1.11 bits per heavy atom. The Hall–Kier alpha value is -1.16. The molecule has 0 unspecified atom stereocenters. The fourth-order valence-corrected chi connectivity index (χ4v) is 4.00. The summed E-state index contributed by atoms with van der Waals surface area (Å²) in [6.07, 6.45) is -1.51. The largest absolute Gasteiger partial charge is 0.394 e. The van der Waals surface area contributed by atoms with E-state index in [9.17, 15) is 13.2 Å². The second kappa shape index (κ2) is 3.11. The van der Waals surface area contributed by atoms with E-state index in [0.717, 1.165) is 10.9 Å². The third-order valence-electron chi connectivity index (χ3n) is 4.77. The molecule has 19 heavy (non-hydrogen) atoms. The molecule has 3 aliphatic carbocycles. The van der Waals surface area contributed by atoms with Gasteiger partial charge < -0.3 is 4.57 Å². The van der Waals surface area contributed by atoms with Crippen LogP contribution in [0.5, 0.6) is 0 Å². The molecule has 3 fully saturated rings. The van der Waals surface area contributed by atoms with E-state index in [1.807, 2.05) is 29.0 Å². The normalized spacial score (nSPS) is 33.1. The Labute approximate surface area is 113 Å². The monoisotopic (exact) mass is 285 g/mol. The molecule has 3 saturated carbocycles. The third kappa shape index (κ3) is 1.28. The summed E-state index contributed by atoms with van der Waals surface area (Å²) < 4.78 is 40.6. The molecular weight excluding hydrogens is 275 g/mol. The fourth-order valence-electron chi connectivity index (χ4n) is 3.82. The van der Waals surface area contributed by atoms with Crippen molar-refractivity contribution in [2.45, 2.75) is 31.0 Å². The molecule has 1 nitrogen and oxygen atoms in total. The molecule has 5 rings (SSSR count). The maximum absolute atomic E-state index is 12.9. The smallest absolute Gasteiger partial charge is 0.341 e. The standard InChI is InChI=1S/C14H11ClF3N/c15-10-1-2-11-9(5-10)3-4-19(11)13-6-12(7-13,8-13)14(16,17)18/h1-5H,6-8H2. The molecule has 2 aromatic rings. The van der Waals surface area contributed by atoms with Crippen LogP contribution in [-0.4, -0.2) is 10.7 Å². The van der Waals surface area contributed by atoms with E-state index in [4.69, 9.17) is 11.6 Å². The second-order valence-corrected chi connectivity index (χ2v) is 6.36. The summed E-state index contributed by atoms with van der Waals surface area (Å²) in [7, 11) is 0. The highest BCUT2D eigenvalue weighted by Crippen LogP contribution is 2.77. The van der Waals surface area contributed by atoms with Gasteiger partial charge >= 0.3 is 6.18 Å². The van der Waals surface area contributed by atoms with Crippen LogP contribution in [0.3, 0.4) is 0 Å². The first kappa shape index (κ1) is 11.6. The predicted molar refractivity (Wildman–Crippen MR) is 67.3 cm³/mol. The van der Waals surface area contributed by atoms with Crippen LogP contribution in [0.4, 0.5) is 13.2 Å². The highest BCUT2D eigenvalue weighted by atomic mass is 35.5. The van der Waals surface area contributed by atoms with Crippen molar-refractivity contribution in [3.8, 4) is 0 Å². The van der Waals surface area contributed by atoms with Gasteiger partial charge in [-0.1, -0.05) is 11.6 Å². The number of halogens is 4. The number of nitrogens with zero attached hydrogens (tertiary/aromatic N) is 1. The van der Waals surface area contributed by atoms with E-state index < -0.39 is 11.6 Å². The molecule has 100 valence electrons. The number of hydrogen-bond acceptors (Lipinski definition) is 0. The minimum absolute atomic E-state index is 0.218. The molecule has 0 radical (unpaired) electrons. The van der Waals surface area contributed by atoms with Crippen LogP contribution in [0.15, 0.2) is 30.5 Å². The Morgan fingerprint density at radius 3 is 2.42 bits per heavy atom. The lowest BCUT2D eigenvalue weighted by Gasteiger charge is -2.70. The van der Waals surface area contributed by atoms with Gasteiger partial charge in [-0.15, -0.1) is 0 Å². The molecule has 0 atom stereocenters. The fraction of sp³-hybridized carbons (Fsp3) is 0.429. The molecule has 5 heteroatoms. The predicted octanol–water partition coefficient (Wildman–Crippen LogP) is 4.74. The van der Waals surface area contributed by atoms with Crippen LogP contribution in [0.25, 0.3) is 10.9 Å². The molecule has 0 spiro atoms. The summed E-state index contributed by atoms with van der Waals surface area (Å²) >= 11 is 5.92. The molecular formula is C14H11ClF3N. The van der Waals surface area contributed by atoms with Crippen molar-refractivity contribution in [3.05, 3.63) is 35.5 Å². The zero-order valence-electron chi connectivity index (χ0n) is 9.97. The molecule has 1 heterocycles. The van der Waals surface area contributed by atoms with E-state index in [-0.39, 0.29) is 24.8 Å². The van der Waals surface area contributed by atoms with E-state index >= 15 is 0 Å². The van der Waals surface area contributed by atoms with Crippen molar-refractivity contribution < 1.29 is 13.2 Å². The molecule has 2 bridgehead atoms. The zero-order valence-corrected chi connectivity index (χ0v) is 10.7. The van der Waals surface area contributed by atoms with E-state index in [1.54, 1.807) is 6.07 Å². The molecule has 0 N–H and O–H groups in total. The third-order valence-corrected chi connectivity index (χ3v) is 5.00. The maximum atomic E-state index is 12.9. The van der Waals surface area contributed by atoms with Crippen LogP contribution in [0.1, 0.15) is 19.3 Å². The van der Waals surface area contributed by atoms with Crippen molar-refractivity contribution in [1.82, 2.24) is 4.57 Å². The van der Waals surface area contributed by atoms with Crippen LogP contribution >= 0.6 is 11.6 Å². The van der Waals surface area contributed by atoms with Gasteiger partial charge in [-0.05, 0) is 43.5 Å². The van der Waals surface area contributed by atoms with Gasteiger partial charge in [-0.3, -0.25) is 0 Å². The summed E-state index contributed by atoms with van der Waals surface area (Å²) in [5.41, 5.74) is -0.749. The minimum atomic E-state index is -4.05. The number of fused-ring (bicyclic) bond motifs is 1. The SMILES string of the molecule is FC(F)(F)C12CC(n3ccc4cc(Cl)ccc43)(C1)C2. The van der Waals surface area contributed by atoms with Crippen LogP contribution in [-0.2, 0) is 5.54 Å². The molecule has 0 aliphatic heterocycles. The summed E-state index contributed by atoms with van der Waals surface area (Å²) in [4.78, 5) is 0. The average molecular weight is 286 g/mol. The lowest BCUT2D eigenvalue weighted by atomic mass is 9.39. The Kier molecular flexibility index (Phi) is 1.91. The first-order valence-corrected chi connectivity index (χ1v) is 6.57. The highest BCUT2D eigenvalue weighted by molar-refractivity contribution is 6.31. The van der Waals surface area contributed by atoms with Crippen molar-refractivity contribution >= 4 is 22.5 Å². The van der Waals surface area contributed by atoms with Gasteiger partial charge in [0.05, 0.1) is 5.41 Å². The van der Waals surface area contributed by atoms with E-state index in [2.05, 4.69) is 0 Å². The maximum Gasteiger partial charge on any atom is 0.394 e. The zero-order chi connectivity index (χ0) is 13.5. The van der Waals surface area contributed by atoms with E-state index in [0.29, 0.717) is 5.02 Å². The topological polar surface area (TPSA) is 4.93 Å². The van der Waals surface area contributed by atoms with Crippen LogP contribution in [0.2, 0.25) is 5.02 Å². The number of alkyl halides is 3. The van der Waals surface area contributed by atoms with Crippen molar-refractivity contribution in [1.29, 1.82) is 0 Å². The van der Waals surface area contributed by atoms with Crippen LogP contribution < -0.4 is 0 Å². The van der Waals surface area contributed by atoms with Gasteiger partial charge in [0.15, 0.2) is 0 Å². The Morgan fingerprint density at radius 2 is 1.79 bits per heavy atom.